The Labute approximate surface area is 152 Å². The summed E-state index contributed by atoms with van der Waals surface area (Å²) in [6.45, 7) is 1.45. The molecule has 0 aliphatic rings. The maximum atomic E-state index is 14.3. The van der Waals surface area contributed by atoms with Crippen molar-refractivity contribution in [3.8, 4) is 0 Å². The Morgan fingerprint density at radius 1 is 1.15 bits per heavy atom. The Morgan fingerprint density at radius 3 is 2.38 bits per heavy atom. The summed E-state index contributed by atoms with van der Waals surface area (Å²) in [5.74, 6) is -1.29. The topological polar surface area (TPSA) is 75.7 Å². The SMILES string of the molecule is COC[C@@H](C)NC(=O)CN(c1ccccc1F)S(=O)(=O)c1ccccc1. The van der Waals surface area contributed by atoms with Crippen LogP contribution in [0.1, 0.15) is 6.92 Å². The monoisotopic (exact) mass is 380 g/mol. The highest BCUT2D eigenvalue weighted by atomic mass is 32.2. The van der Waals surface area contributed by atoms with E-state index >= 15 is 0 Å². The first-order chi connectivity index (χ1) is 12.4. The van der Waals surface area contributed by atoms with Crippen molar-refractivity contribution in [2.45, 2.75) is 17.9 Å². The largest absolute Gasteiger partial charge is 0.383 e. The van der Waals surface area contributed by atoms with Gasteiger partial charge in [-0.3, -0.25) is 9.10 Å². The summed E-state index contributed by atoms with van der Waals surface area (Å²) in [6, 6.07) is 12.7. The van der Waals surface area contributed by atoms with Crippen molar-refractivity contribution in [2.24, 2.45) is 0 Å². The second-order valence-electron chi connectivity index (χ2n) is 5.70. The maximum absolute atomic E-state index is 14.3. The summed E-state index contributed by atoms with van der Waals surface area (Å²) in [4.78, 5) is 12.3. The van der Waals surface area contributed by atoms with Crippen molar-refractivity contribution in [3.05, 3.63) is 60.4 Å². The fourth-order valence-electron chi connectivity index (χ4n) is 2.42. The number of benzene rings is 2. The number of methoxy groups -OCH3 is 1. The molecular weight excluding hydrogens is 359 g/mol. The lowest BCUT2D eigenvalue weighted by atomic mass is 10.3. The summed E-state index contributed by atoms with van der Waals surface area (Å²) >= 11 is 0. The number of halogens is 1. The van der Waals surface area contributed by atoms with Crippen LogP contribution in [0.15, 0.2) is 59.5 Å². The molecule has 0 aliphatic carbocycles. The molecule has 0 aromatic heterocycles. The first-order valence-electron chi connectivity index (χ1n) is 7.97. The van der Waals surface area contributed by atoms with Crippen LogP contribution in [0.25, 0.3) is 0 Å². The van der Waals surface area contributed by atoms with Gasteiger partial charge in [0.15, 0.2) is 0 Å². The molecule has 8 heteroatoms. The first-order valence-corrected chi connectivity index (χ1v) is 9.41. The zero-order valence-corrected chi connectivity index (χ0v) is 15.4. The first kappa shape index (κ1) is 19.9. The van der Waals surface area contributed by atoms with Gasteiger partial charge in [-0.15, -0.1) is 0 Å². The van der Waals surface area contributed by atoms with Gasteiger partial charge in [-0.25, -0.2) is 12.8 Å². The molecule has 26 heavy (non-hydrogen) atoms. The molecular formula is C18H21FN2O4S. The number of amides is 1. The molecule has 6 nitrogen and oxygen atoms in total. The van der Waals surface area contributed by atoms with Gasteiger partial charge in [0.25, 0.3) is 10.0 Å². The van der Waals surface area contributed by atoms with Crippen LogP contribution >= 0.6 is 0 Å². The van der Waals surface area contributed by atoms with Crippen LogP contribution in [-0.4, -0.2) is 40.6 Å². The van der Waals surface area contributed by atoms with E-state index in [1.807, 2.05) is 0 Å². The van der Waals surface area contributed by atoms with Crippen molar-refractivity contribution in [3.63, 3.8) is 0 Å². The normalized spacial score (nSPS) is 12.4. The molecule has 2 aromatic rings. The predicted molar refractivity (Wildman–Crippen MR) is 96.9 cm³/mol. The summed E-state index contributed by atoms with van der Waals surface area (Å²) in [7, 11) is -2.62. The van der Waals surface area contributed by atoms with Crippen LogP contribution in [0, 0.1) is 5.82 Å². The average molecular weight is 380 g/mol. The van der Waals surface area contributed by atoms with Crippen molar-refractivity contribution < 1.29 is 22.3 Å². The van der Waals surface area contributed by atoms with Crippen LogP contribution in [0.4, 0.5) is 10.1 Å². The highest BCUT2D eigenvalue weighted by molar-refractivity contribution is 7.92. The lowest BCUT2D eigenvalue weighted by Gasteiger charge is -2.25. The molecule has 0 saturated heterocycles. The van der Waals surface area contributed by atoms with E-state index in [4.69, 9.17) is 4.74 Å². The zero-order chi connectivity index (χ0) is 19.2. The van der Waals surface area contributed by atoms with Crippen LogP contribution < -0.4 is 9.62 Å². The van der Waals surface area contributed by atoms with Gasteiger partial charge in [0.1, 0.15) is 12.4 Å². The summed E-state index contributed by atoms with van der Waals surface area (Å²) < 4.78 is 45.9. The van der Waals surface area contributed by atoms with Crippen LogP contribution in [0.5, 0.6) is 0 Å². The third-order valence-electron chi connectivity index (χ3n) is 3.56. The van der Waals surface area contributed by atoms with E-state index in [2.05, 4.69) is 5.32 Å². The van der Waals surface area contributed by atoms with Crippen molar-refractivity contribution in [1.29, 1.82) is 0 Å². The Hall–Kier alpha value is -2.45. The maximum Gasteiger partial charge on any atom is 0.264 e. The van der Waals surface area contributed by atoms with Gasteiger partial charge in [0, 0.05) is 13.2 Å². The van der Waals surface area contributed by atoms with Gasteiger partial charge in [0.2, 0.25) is 5.91 Å². The van der Waals surface area contributed by atoms with Crippen LogP contribution in [0.2, 0.25) is 0 Å². The molecule has 0 unspecified atom stereocenters. The number of rotatable bonds is 8. The van der Waals surface area contributed by atoms with E-state index in [9.17, 15) is 17.6 Å². The quantitative estimate of drug-likeness (QED) is 0.762. The molecule has 0 heterocycles. The predicted octanol–water partition coefficient (Wildman–Crippen LogP) is 2.17. The van der Waals surface area contributed by atoms with Gasteiger partial charge < -0.3 is 10.1 Å². The number of para-hydroxylation sites is 1. The number of hydrogen-bond donors (Lipinski definition) is 1. The Morgan fingerprint density at radius 2 is 1.77 bits per heavy atom. The lowest BCUT2D eigenvalue weighted by Crippen LogP contribution is -2.45. The van der Waals surface area contributed by atoms with Crippen molar-refractivity contribution in [2.75, 3.05) is 24.6 Å². The number of nitrogens with one attached hydrogen (secondary N) is 1. The number of nitrogens with zero attached hydrogens (tertiary/aromatic N) is 1. The molecule has 0 radical (unpaired) electrons. The average Bonchev–Trinajstić information content (AvgIpc) is 2.61. The minimum Gasteiger partial charge on any atom is -0.383 e. The molecule has 140 valence electrons. The smallest absolute Gasteiger partial charge is 0.264 e. The number of hydrogen-bond acceptors (Lipinski definition) is 4. The van der Waals surface area contributed by atoms with Crippen LogP contribution in [-0.2, 0) is 19.6 Å². The molecule has 0 bridgehead atoms. The van der Waals surface area contributed by atoms with Gasteiger partial charge in [0.05, 0.1) is 17.2 Å². The zero-order valence-electron chi connectivity index (χ0n) is 14.6. The van der Waals surface area contributed by atoms with Gasteiger partial charge in [-0.2, -0.15) is 0 Å². The van der Waals surface area contributed by atoms with E-state index in [-0.39, 0.29) is 23.2 Å². The minimum atomic E-state index is -4.12. The highest BCUT2D eigenvalue weighted by Crippen LogP contribution is 2.25. The Balaban J connectivity index is 2.38. The van der Waals surface area contributed by atoms with E-state index in [0.717, 1.165) is 10.4 Å². The van der Waals surface area contributed by atoms with Gasteiger partial charge >= 0.3 is 0 Å². The van der Waals surface area contributed by atoms with Crippen molar-refractivity contribution in [1.82, 2.24) is 5.32 Å². The minimum absolute atomic E-state index is 0.0269. The number of anilines is 1. The third-order valence-corrected chi connectivity index (χ3v) is 5.34. The van der Waals surface area contributed by atoms with Crippen LogP contribution in [0.3, 0.4) is 0 Å². The molecule has 2 aromatic carbocycles. The highest BCUT2D eigenvalue weighted by Gasteiger charge is 2.29. The molecule has 0 aliphatic heterocycles. The molecule has 1 amide bonds. The summed E-state index contributed by atoms with van der Waals surface area (Å²) in [5.41, 5.74) is -0.189. The molecule has 0 saturated carbocycles. The van der Waals surface area contributed by atoms with Crippen molar-refractivity contribution >= 4 is 21.6 Å². The number of ether oxygens (including phenoxy) is 1. The molecule has 2 rings (SSSR count). The fraction of sp³-hybridized carbons (Fsp3) is 0.278. The lowest BCUT2D eigenvalue weighted by molar-refractivity contribution is -0.120. The Kier molecular flexibility index (Phi) is 6.70. The molecule has 1 atom stereocenters. The molecule has 0 fully saturated rings. The van der Waals surface area contributed by atoms with Gasteiger partial charge in [-0.05, 0) is 31.2 Å². The second kappa shape index (κ2) is 8.77. The number of carbonyl (C=O) groups is 1. The molecule has 1 N–H and O–H groups in total. The Bertz CT molecular complexity index is 843. The number of carbonyl (C=O) groups excluding carboxylic acids is 1. The van der Waals surface area contributed by atoms with E-state index < -0.39 is 28.3 Å². The standard InChI is InChI=1S/C18H21FN2O4S/c1-14(13-25-2)20-18(22)12-21(17-11-7-6-10-16(17)19)26(23,24)15-8-4-3-5-9-15/h3-11,14H,12-13H2,1-2H3,(H,20,22)/t14-/m1/s1. The van der Waals surface area contributed by atoms with E-state index in [1.165, 1.54) is 37.4 Å². The fourth-order valence-corrected chi connectivity index (χ4v) is 3.87. The van der Waals surface area contributed by atoms with E-state index in [1.54, 1.807) is 25.1 Å². The molecule has 0 spiro atoms. The van der Waals surface area contributed by atoms with E-state index in [0.29, 0.717) is 0 Å². The third kappa shape index (κ3) is 4.80. The summed E-state index contributed by atoms with van der Waals surface area (Å²) in [5, 5.41) is 2.63. The number of sulfonamides is 1. The summed E-state index contributed by atoms with van der Waals surface area (Å²) in [6.07, 6.45) is 0. The second-order valence-corrected chi connectivity index (χ2v) is 7.56. The van der Waals surface area contributed by atoms with Gasteiger partial charge in [-0.1, -0.05) is 30.3 Å².